The summed E-state index contributed by atoms with van der Waals surface area (Å²) in [5.74, 6) is 2.69. The van der Waals surface area contributed by atoms with Gasteiger partial charge in [0.1, 0.15) is 5.75 Å². The second kappa shape index (κ2) is 6.58. The SMILES string of the molecule is CCNCc1cc(Br)ccc1OCc1nc(C2CC2)no1. The largest absolute Gasteiger partial charge is 0.483 e. The third-order valence-corrected chi connectivity index (χ3v) is 3.86. The molecule has 21 heavy (non-hydrogen) atoms. The van der Waals surface area contributed by atoms with Crippen LogP contribution in [0.1, 0.15) is 43.0 Å². The van der Waals surface area contributed by atoms with E-state index in [9.17, 15) is 0 Å². The number of nitrogens with zero attached hydrogens (tertiary/aromatic N) is 2. The van der Waals surface area contributed by atoms with E-state index in [1.807, 2.05) is 12.1 Å². The zero-order valence-electron chi connectivity index (χ0n) is 11.9. The maximum absolute atomic E-state index is 5.83. The molecule has 3 rings (SSSR count). The molecule has 0 aliphatic heterocycles. The van der Waals surface area contributed by atoms with Crippen molar-refractivity contribution in [2.24, 2.45) is 0 Å². The molecule has 0 atom stereocenters. The van der Waals surface area contributed by atoms with E-state index in [4.69, 9.17) is 9.26 Å². The van der Waals surface area contributed by atoms with Crippen LogP contribution in [0, 0.1) is 0 Å². The minimum atomic E-state index is 0.306. The molecule has 1 heterocycles. The van der Waals surface area contributed by atoms with Gasteiger partial charge in [-0.05, 0) is 37.6 Å². The van der Waals surface area contributed by atoms with Gasteiger partial charge in [-0.2, -0.15) is 4.98 Å². The lowest BCUT2D eigenvalue weighted by molar-refractivity contribution is 0.240. The third kappa shape index (κ3) is 3.83. The van der Waals surface area contributed by atoms with Crippen molar-refractivity contribution in [3.8, 4) is 5.75 Å². The Hall–Kier alpha value is -1.40. The normalized spacial score (nSPS) is 14.4. The van der Waals surface area contributed by atoms with E-state index in [1.165, 1.54) is 12.8 Å². The average molecular weight is 352 g/mol. The van der Waals surface area contributed by atoms with Crippen molar-refractivity contribution in [1.29, 1.82) is 0 Å². The molecule has 6 heteroatoms. The summed E-state index contributed by atoms with van der Waals surface area (Å²) >= 11 is 3.49. The van der Waals surface area contributed by atoms with Crippen molar-refractivity contribution in [2.75, 3.05) is 6.54 Å². The highest BCUT2D eigenvalue weighted by Crippen LogP contribution is 2.38. The Morgan fingerprint density at radius 1 is 1.43 bits per heavy atom. The molecule has 0 unspecified atom stereocenters. The standard InChI is InChI=1S/C15H18BrN3O2/c1-2-17-8-11-7-12(16)5-6-13(11)20-9-14-18-15(19-21-14)10-3-4-10/h5-7,10,17H,2-4,8-9H2,1H3. The van der Waals surface area contributed by atoms with E-state index >= 15 is 0 Å². The van der Waals surface area contributed by atoms with Crippen molar-refractivity contribution in [3.05, 3.63) is 40.0 Å². The summed E-state index contributed by atoms with van der Waals surface area (Å²) in [4.78, 5) is 4.37. The Balaban J connectivity index is 1.65. The lowest BCUT2D eigenvalue weighted by Crippen LogP contribution is -2.13. The molecule has 0 spiro atoms. The van der Waals surface area contributed by atoms with Crippen molar-refractivity contribution >= 4 is 15.9 Å². The smallest absolute Gasteiger partial charge is 0.264 e. The molecule has 0 radical (unpaired) electrons. The van der Waals surface area contributed by atoms with Crippen LogP contribution < -0.4 is 10.1 Å². The highest BCUT2D eigenvalue weighted by Gasteiger charge is 2.28. The molecule has 1 saturated carbocycles. The Labute approximate surface area is 132 Å². The van der Waals surface area contributed by atoms with Gasteiger partial charge in [-0.3, -0.25) is 0 Å². The molecule has 1 aliphatic rings. The lowest BCUT2D eigenvalue weighted by atomic mass is 10.2. The molecule has 1 N–H and O–H groups in total. The van der Waals surface area contributed by atoms with E-state index < -0.39 is 0 Å². The number of hydrogen-bond acceptors (Lipinski definition) is 5. The van der Waals surface area contributed by atoms with E-state index in [2.05, 4.69) is 44.4 Å². The van der Waals surface area contributed by atoms with Crippen LogP contribution in [0.5, 0.6) is 5.75 Å². The Bertz CT molecular complexity index is 611. The number of rotatable bonds is 7. The maximum atomic E-state index is 5.83. The number of benzene rings is 1. The summed E-state index contributed by atoms with van der Waals surface area (Å²) in [6.07, 6.45) is 2.33. The average Bonchev–Trinajstić information content (AvgIpc) is 3.23. The number of aromatic nitrogens is 2. The fraction of sp³-hybridized carbons (Fsp3) is 0.467. The molecule has 1 aliphatic carbocycles. The quantitative estimate of drug-likeness (QED) is 0.828. The van der Waals surface area contributed by atoms with Gasteiger partial charge in [-0.15, -0.1) is 0 Å². The first kappa shape index (κ1) is 14.5. The highest BCUT2D eigenvalue weighted by molar-refractivity contribution is 9.10. The molecule has 1 aromatic heterocycles. The lowest BCUT2D eigenvalue weighted by Gasteiger charge is -2.11. The summed E-state index contributed by atoms with van der Waals surface area (Å²) < 4.78 is 12.1. The molecule has 0 amide bonds. The Morgan fingerprint density at radius 2 is 2.29 bits per heavy atom. The van der Waals surface area contributed by atoms with Gasteiger partial charge in [0.25, 0.3) is 5.89 Å². The van der Waals surface area contributed by atoms with Crippen molar-refractivity contribution in [1.82, 2.24) is 15.5 Å². The topological polar surface area (TPSA) is 60.2 Å². The molecule has 5 nitrogen and oxygen atoms in total. The van der Waals surface area contributed by atoms with Crippen molar-refractivity contribution < 1.29 is 9.26 Å². The van der Waals surface area contributed by atoms with Crippen LogP contribution in [0.2, 0.25) is 0 Å². The zero-order valence-corrected chi connectivity index (χ0v) is 13.5. The fourth-order valence-corrected chi connectivity index (χ4v) is 2.47. The van der Waals surface area contributed by atoms with E-state index in [1.54, 1.807) is 0 Å². The van der Waals surface area contributed by atoms with Gasteiger partial charge in [0.05, 0.1) is 0 Å². The van der Waals surface area contributed by atoms with Gasteiger partial charge < -0.3 is 14.6 Å². The molecular formula is C15H18BrN3O2. The molecule has 0 bridgehead atoms. The predicted molar refractivity (Wildman–Crippen MR) is 82.1 cm³/mol. The predicted octanol–water partition coefficient (Wildman–Crippen LogP) is 3.40. The molecule has 2 aromatic rings. The van der Waals surface area contributed by atoms with Gasteiger partial charge in [0.15, 0.2) is 12.4 Å². The van der Waals surface area contributed by atoms with Gasteiger partial charge in [0, 0.05) is 22.5 Å². The Kier molecular flexibility index (Phi) is 4.55. The van der Waals surface area contributed by atoms with E-state index in [0.717, 1.165) is 34.7 Å². The summed E-state index contributed by atoms with van der Waals surface area (Å²) in [7, 11) is 0. The van der Waals surface area contributed by atoms with Crippen LogP contribution in [0.4, 0.5) is 0 Å². The summed E-state index contributed by atoms with van der Waals surface area (Å²) in [6.45, 7) is 4.07. The molecular weight excluding hydrogens is 334 g/mol. The monoisotopic (exact) mass is 351 g/mol. The van der Waals surface area contributed by atoms with Gasteiger partial charge >= 0.3 is 0 Å². The second-order valence-corrected chi connectivity index (χ2v) is 6.06. The summed E-state index contributed by atoms with van der Waals surface area (Å²) in [5.41, 5.74) is 1.10. The minimum Gasteiger partial charge on any atom is -0.483 e. The first-order valence-electron chi connectivity index (χ1n) is 7.20. The van der Waals surface area contributed by atoms with Crippen LogP contribution in [-0.4, -0.2) is 16.7 Å². The summed E-state index contributed by atoms with van der Waals surface area (Å²) in [6, 6.07) is 5.98. The van der Waals surface area contributed by atoms with Crippen molar-refractivity contribution in [3.63, 3.8) is 0 Å². The zero-order chi connectivity index (χ0) is 14.7. The van der Waals surface area contributed by atoms with E-state index in [-0.39, 0.29) is 0 Å². The first-order chi connectivity index (χ1) is 10.3. The Morgan fingerprint density at radius 3 is 3.05 bits per heavy atom. The number of hydrogen-bond donors (Lipinski definition) is 1. The van der Waals surface area contributed by atoms with Gasteiger partial charge in [-0.25, -0.2) is 0 Å². The molecule has 1 aromatic carbocycles. The number of ether oxygens (including phenoxy) is 1. The first-order valence-corrected chi connectivity index (χ1v) is 8.00. The van der Waals surface area contributed by atoms with Crippen LogP contribution >= 0.6 is 15.9 Å². The third-order valence-electron chi connectivity index (χ3n) is 3.37. The van der Waals surface area contributed by atoms with Crippen LogP contribution in [-0.2, 0) is 13.2 Å². The molecule has 0 saturated heterocycles. The highest BCUT2D eigenvalue weighted by atomic mass is 79.9. The summed E-state index contributed by atoms with van der Waals surface area (Å²) in [5, 5.41) is 7.30. The molecule has 1 fully saturated rings. The second-order valence-electron chi connectivity index (χ2n) is 5.14. The molecule has 112 valence electrons. The number of halogens is 1. The maximum Gasteiger partial charge on any atom is 0.264 e. The van der Waals surface area contributed by atoms with E-state index in [0.29, 0.717) is 18.4 Å². The van der Waals surface area contributed by atoms with Gasteiger partial charge in [0.2, 0.25) is 0 Å². The van der Waals surface area contributed by atoms with Crippen molar-refractivity contribution in [2.45, 2.75) is 38.8 Å². The minimum absolute atomic E-state index is 0.306. The fourth-order valence-electron chi connectivity index (χ4n) is 2.06. The van der Waals surface area contributed by atoms with Gasteiger partial charge in [-0.1, -0.05) is 28.0 Å². The van der Waals surface area contributed by atoms with Crippen LogP contribution in [0.15, 0.2) is 27.2 Å². The van der Waals surface area contributed by atoms with Crippen LogP contribution in [0.25, 0.3) is 0 Å². The van der Waals surface area contributed by atoms with Crippen LogP contribution in [0.3, 0.4) is 0 Å². The number of nitrogens with one attached hydrogen (secondary N) is 1.